The van der Waals surface area contributed by atoms with Gasteiger partial charge in [0, 0.05) is 10.6 Å². The van der Waals surface area contributed by atoms with Gasteiger partial charge in [0.1, 0.15) is 11.6 Å². The summed E-state index contributed by atoms with van der Waals surface area (Å²) in [6, 6.07) is 4.82. The summed E-state index contributed by atoms with van der Waals surface area (Å²) >= 11 is 5.62. The summed E-state index contributed by atoms with van der Waals surface area (Å²) in [7, 11) is 0. The molecule has 21 heavy (non-hydrogen) atoms. The molecule has 7 heteroatoms. The largest absolute Gasteiger partial charge is 0.419 e. The molecule has 0 amide bonds. The summed E-state index contributed by atoms with van der Waals surface area (Å²) in [4.78, 5) is 12.0. The molecule has 0 bridgehead atoms. The second-order valence-electron chi connectivity index (χ2n) is 4.15. The van der Waals surface area contributed by atoms with Gasteiger partial charge in [-0.2, -0.15) is 13.2 Å². The smallest absolute Gasteiger partial charge is 0.288 e. The van der Waals surface area contributed by atoms with Crippen molar-refractivity contribution in [2.45, 2.75) is 6.18 Å². The Kier molecular flexibility index (Phi) is 4.00. The van der Waals surface area contributed by atoms with E-state index in [1.54, 1.807) is 0 Å². The highest BCUT2D eigenvalue weighted by Crippen LogP contribution is 2.32. The third kappa shape index (κ3) is 3.21. The monoisotopic (exact) mass is 320 g/mol. The Balaban J connectivity index is 2.45. The van der Waals surface area contributed by atoms with Gasteiger partial charge in [-0.3, -0.25) is 4.79 Å². The molecule has 0 atom stereocenters. The average molecular weight is 321 g/mol. The maximum absolute atomic E-state index is 13.5. The average Bonchev–Trinajstić information content (AvgIpc) is 2.39. The number of halogens is 6. The van der Waals surface area contributed by atoms with Crippen molar-refractivity contribution < 1.29 is 26.7 Å². The molecule has 2 aromatic rings. The van der Waals surface area contributed by atoms with E-state index in [9.17, 15) is 26.7 Å². The predicted molar refractivity (Wildman–Crippen MR) is 66.2 cm³/mol. The maximum Gasteiger partial charge on any atom is 0.419 e. The fourth-order valence-corrected chi connectivity index (χ4v) is 1.89. The summed E-state index contributed by atoms with van der Waals surface area (Å²) in [5.74, 6) is -3.46. The number of carbonyl (C=O) groups excluding carboxylic acids is 1. The number of hydrogen-bond acceptors (Lipinski definition) is 1. The Morgan fingerprint density at radius 2 is 1.62 bits per heavy atom. The molecule has 0 aliphatic rings. The number of rotatable bonds is 2. The third-order valence-corrected chi connectivity index (χ3v) is 2.94. The van der Waals surface area contributed by atoms with E-state index in [2.05, 4.69) is 0 Å². The van der Waals surface area contributed by atoms with Crippen LogP contribution in [0.2, 0.25) is 5.02 Å². The molecule has 0 N–H and O–H groups in total. The van der Waals surface area contributed by atoms with Crippen molar-refractivity contribution in [3.63, 3.8) is 0 Å². The highest BCUT2D eigenvalue weighted by molar-refractivity contribution is 6.31. The third-order valence-electron chi connectivity index (χ3n) is 2.71. The van der Waals surface area contributed by atoms with Crippen LogP contribution in [0.1, 0.15) is 21.5 Å². The van der Waals surface area contributed by atoms with Crippen LogP contribution >= 0.6 is 11.6 Å². The fraction of sp³-hybridized carbons (Fsp3) is 0.0714. The normalized spacial score (nSPS) is 11.5. The van der Waals surface area contributed by atoms with Crippen LogP contribution in [0, 0.1) is 11.6 Å². The zero-order valence-electron chi connectivity index (χ0n) is 10.1. The van der Waals surface area contributed by atoms with Crippen LogP contribution < -0.4 is 0 Å². The molecule has 0 saturated heterocycles. The second-order valence-corrected chi connectivity index (χ2v) is 4.58. The predicted octanol–water partition coefficient (Wildman–Crippen LogP) is 4.87. The first-order valence-electron chi connectivity index (χ1n) is 5.56. The van der Waals surface area contributed by atoms with E-state index in [4.69, 9.17) is 11.6 Å². The number of alkyl halides is 3. The van der Waals surface area contributed by atoms with Crippen molar-refractivity contribution in [1.82, 2.24) is 0 Å². The van der Waals surface area contributed by atoms with Gasteiger partial charge in [-0.05, 0) is 30.3 Å². The summed E-state index contributed by atoms with van der Waals surface area (Å²) in [5.41, 5.74) is -2.34. The maximum atomic E-state index is 13.5. The van der Waals surface area contributed by atoms with Crippen molar-refractivity contribution >= 4 is 17.4 Å². The van der Waals surface area contributed by atoms with E-state index < -0.39 is 40.3 Å². The Morgan fingerprint density at radius 1 is 0.952 bits per heavy atom. The molecule has 0 saturated carbocycles. The summed E-state index contributed by atoms with van der Waals surface area (Å²) in [5, 5.41) is 0.0760. The molecule has 2 rings (SSSR count). The van der Waals surface area contributed by atoms with Crippen LogP contribution in [-0.4, -0.2) is 5.78 Å². The van der Waals surface area contributed by atoms with E-state index in [1.165, 1.54) is 6.07 Å². The van der Waals surface area contributed by atoms with Gasteiger partial charge >= 0.3 is 6.18 Å². The first-order valence-corrected chi connectivity index (χ1v) is 5.94. The van der Waals surface area contributed by atoms with Crippen molar-refractivity contribution in [1.29, 1.82) is 0 Å². The van der Waals surface area contributed by atoms with Crippen LogP contribution in [0.3, 0.4) is 0 Å². The zero-order valence-corrected chi connectivity index (χ0v) is 10.9. The summed E-state index contributed by atoms with van der Waals surface area (Å²) < 4.78 is 64.2. The molecule has 0 spiro atoms. The summed E-state index contributed by atoms with van der Waals surface area (Å²) in [6.07, 6.45) is -4.87. The van der Waals surface area contributed by atoms with Gasteiger partial charge in [0.2, 0.25) is 0 Å². The Morgan fingerprint density at radius 3 is 2.19 bits per heavy atom. The quantitative estimate of drug-likeness (QED) is 0.570. The van der Waals surface area contributed by atoms with Crippen LogP contribution in [0.25, 0.3) is 0 Å². The van der Waals surface area contributed by atoms with Gasteiger partial charge in [0.15, 0.2) is 5.78 Å². The number of benzene rings is 2. The molecule has 110 valence electrons. The standard InChI is InChI=1S/C14H6ClF5O/c15-8-2-4-11(16)9(6-8)13(21)7-1-3-10(12(17)5-7)14(18,19)20/h1-6H. The van der Waals surface area contributed by atoms with E-state index in [0.29, 0.717) is 12.1 Å². The highest BCUT2D eigenvalue weighted by atomic mass is 35.5. The molecule has 0 fully saturated rings. The molecular weight excluding hydrogens is 315 g/mol. The lowest BCUT2D eigenvalue weighted by molar-refractivity contribution is -0.140. The highest BCUT2D eigenvalue weighted by Gasteiger charge is 2.34. The molecule has 0 aliphatic carbocycles. The van der Waals surface area contributed by atoms with E-state index >= 15 is 0 Å². The zero-order chi connectivity index (χ0) is 15.8. The van der Waals surface area contributed by atoms with Crippen LogP contribution in [0.5, 0.6) is 0 Å². The van der Waals surface area contributed by atoms with Crippen LogP contribution in [-0.2, 0) is 6.18 Å². The molecule has 0 radical (unpaired) electrons. The molecule has 1 nitrogen and oxygen atoms in total. The molecule has 0 heterocycles. The fourth-order valence-electron chi connectivity index (χ4n) is 1.71. The van der Waals surface area contributed by atoms with Crippen LogP contribution in [0.15, 0.2) is 36.4 Å². The Bertz CT molecular complexity index is 709. The number of ketones is 1. The topological polar surface area (TPSA) is 17.1 Å². The number of hydrogen-bond donors (Lipinski definition) is 0. The van der Waals surface area contributed by atoms with Gasteiger partial charge in [-0.1, -0.05) is 17.7 Å². The summed E-state index contributed by atoms with van der Waals surface area (Å²) in [6.45, 7) is 0. The van der Waals surface area contributed by atoms with Crippen molar-refractivity contribution in [2.75, 3.05) is 0 Å². The lowest BCUT2D eigenvalue weighted by Crippen LogP contribution is -2.10. The van der Waals surface area contributed by atoms with Gasteiger partial charge in [0.25, 0.3) is 0 Å². The molecule has 0 unspecified atom stereocenters. The van der Waals surface area contributed by atoms with E-state index in [0.717, 1.165) is 18.2 Å². The Hall–Kier alpha value is -1.95. The van der Waals surface area contributed by atoms with Crippen molar-refractivity contribution in [3.05, 3.63) is 69.7 Å². The lowest BCUT2D eigenvalue weighted by atomic mass is 10.0. The van der Waals surface area contributed by atoms with Gasteiger partial charge < -0.3 is 0 Å². The number of carbonyl (C=O) groups is 1. The molecular formula is C14H6ClF5O. The molecule has 2 aromatic carbocycles. The van der Waals surface area contributed by atoms with E-state index in [-0.39, 0.29) is 5.02 Å². The Labute approximate surface area is 121 Å². The second kappa shape index (κ2) is 5.44. The lowest BCUT2D eigenvalue weighted by Gasteiger charge is -2.09. The van der Waals surface area contributed by atoms with Gasteiger partial charge in [-0.25, -0.2) is 8.78 Å². The van der Waals surface area contributed by atoms with Gasteiger partial charge in [0.05, 0.1) is 11.1 Å². The van der Waals surface area contributed by atoms with Crippen LogP contribution in [0.4, 0.5) is 22.0 Å². The van der Waals surface area contributed by atoms with Crippen molar-refractivity contribution in [3.8, 4) is 0 Å². The van der Waals surface area contributed by atoms with Gasteiger partial charge in [-0.15, -0.1) is 0 Å². The minimum atomic E-state index is -4.87. The van der Waals surface area contributed by atoms with Crippen molar-refractivity contribution in [2.24, 2.45) is 0 Å². The minimum absolute atomic E-state index is 0.0760. The molecule has 0 aliphatic heterocycles. The SMILES string of the molecule is O=C(c1ccc(C(F)(F)F)c(F)c1)c1cc(Cl)ccc1F. The molecule has 0 aromatic heterocycles. The first-order chi connectivity index (χ1) is 9.70. The first kappa shape index (κ1) is 15.4. The minimum Gasteiger partial charge on any atom is -0.288 e. The van der Waals surface area contributed by atoms with E-state index in [1.807, 2.05) is 0 Å².